The third kappa shape index (κ3) is 3.43. The fraction of sp³-hybridized carbons (Fsp3) is 0.214. The Morgan fingerprint density at radius 3 is 3.04 bits per heavy atom. The predicted octanol–water partition coefficient (Wildman–Crippen LogP) is 2.52. The minimum Gasteiger partial charge on any atom is -0.465 e. The van der Waals surface area contributed by atoms with E-state index in [1.54, 1.807) is 23.7 Å². The molecule has 0 amide bonds. The van der Waals surface area contributed by atoms with Crippen LogP contribution in [0.4, 0.5) is 0 Å². The molecule has 1 aromatic carbocycles. The number of thioether (sulfide) groups is 1. The number of carbonyl (C=O) groups excluding carboxylic acids is 1. The Hall–Kier alpha value is -2.19. The minimum absolute atomic E-state index is 0.157. The third-order valence-corrected chi connectivity index (χ3v) is 4.08. The maximum absolute atomic E-state index is 11.5. The molecule has 2 aromatic heterocycles. The molecule has 0 atom stereocenters. The molecule has 0 aliphatic carbocycles. The van der Waals surface area contributed by atoms with Gasteiger partial charge in [0.2, 0.25) is 0 Å². The van der Waals surface area contributed by atoms with Gasteiger partial charge >= 0.3 is 5.97 Å². The van der Waals surface area contributed by atoms with E-state index in [1.165, 1.54) is 18.1 Å². The molecule has 0 bridgehead atoms. The zero-order valence-electron chi connectivity index (χ0n) is 12.1. The Morgan fingerprint density at radius 2 is 2.26 bits per heavy atom. The molecule has 9 heteroatoms. The number of aromatic nitrogens is 5. The van der Waals surface area contributed by atoms with Crippen molar-refractivity contribution < 1.29 is 9.53 Å². The molecule has 3 rings (SSSR count). The summed E-state index contributed by atoms with van der Waals surface area (Å²) in [5.41, 5.74) is 1.83. The highest BCUT2D eigenvalue weighted by Gasteiger charge is 2.15. The SMILES string of the molecule is CCOC(=O)CSc1ncnc2c1nnn2-c1cccc(Cl)c1. The fourth-order valence-electron chi connectivity index (χ4n) is 1.95. The van der Waals surface area contributed by atoms with Crippen molar-refractivity contribution in [3.05, 3.63) is 35.6 Å². The molecule has 2 heterocycles. The summed E-state index contributed by atoms with van der Waals surface area (Å²) in [7, 11) is 0. The molecule has 0 spiro atoms. The topological polar surface area (TPSA) is 82.8 Å². The monoisotopic (exact) mass is 349 g/mol. The second-order valence-electron chi connectivity index (χ2n) is 4.43. The zero-order chi connectivity index (χ0) is 16.2. The maximum atomic E-state index is 11.5. The average Bonchev–Trinajstić information content (AvgIpc) is 2.98. The summed E-state index contributed by atoms with van der Waals surface area (Å²) in [6, 6.07) is 7.22. The van der Waals surface area contributed by atoms with Crippen molar-refractivity contribution >= 4 is 40.5 Å². The van der Waals surface area contributed by atoms with Gasteiger partial charge in [0.15, 0.2) is 11.2 Å². The molecule has 7 nitrogen and oxygen atoms in total. The van der Waals surface area contributed by atoms with Gasteiger partial charge in [-0.25, -0.2) is 9.97 Å². The smallest absolute Gasteiger partial charge is 0.316 e. The van der Waals surface area contributed by atoms with Crippen molar-refractivity contribution in [1.82, 2.24) is 25.0 Å². The Kier molecular flexibility index (Phi) is 4.73. The first-order valence-corrected chi connectivity index (χ1v) is 8.16. The molecule has 3 aromatic rings. The van der Waals surface area contributed by atoms with Gasteiger partial charge in [-0.1, -0.05) is 34.6 Å². The number of esters is 1. The number of ether oxygens (including phenoxy) is 1. The van der Waals surface area contributed by atoms with Crippen LogP contribution in [0.5, 0.6) is 0 Å². The molecular weight excluding hydrogens is 338 g/mol. The van der Waals surface area contributed by atoms with E-state index in [2.05, 4.69) is 20.3 Å². The number of carbonyl (C=O) groups is 1. The molecular formula is C14H12ClN5O2S. The van der Waals surface area contributed by atoms with Crippen molar-refractivity contribution in [3.63, 3.8) is 0 Å². The van der Waals surface area contributed by atoms with Crippen LogP contribution in [0.15, 0.2) is 35.6 Å². The summed E-state index contributed by atoms with van der Waals surface area (Å²) in [5, 5.41) is 9.40. The Bertz CT molecular complexity index is 854. The summed E-state index contributed by atoms with van der Waals surface area (Å²) in [6.45, 7) is 2.12. The molecule has 0 saturated carbocycles. The van der Waals surface area contributed by atoms with Crippen LogP contribution in [-0.4, -0.2) is 43.3 Å². The summed E-state index contributed by atoms with van der Waals surface area (Å²) in [5.74, 6) is -0.143. The van der Waals surface area contributed by atoms with Crippen molar-refractivity contribution in [1.29, 1.82) is 0 Å². The number of hydrogen-bond acceptors (Lipinski definition) is 7. The lowest BCUT2D eigenvalue weighted by molar-refractivity contribution is -0.139. The highest BCUT2D eigenvalue weighted by molar-refractivity contribution is 8.00. The van der Waals surface area contributed by atoms with Gasteiger partial charge < -0.3 is 4.74 Å². The number of rotatable bonds is 5. The Labute approximate surface area is 141 Å². The van der Waals surface area contributed by atoms with Crippen LogP contribution in [0.3, 0.4) is 0 Å². The van der Waals surface area contributed by atoms with Crippen molar-refractivity contribution in [3.8, 4) is 5.69 Å². The lowest BCUT2D eigenvalue weighted by atomic mass is 10.3. The quantitative estimate of drug-likeness (QED) is 0.397. The summed E-state index contributed by atoms with van der Waals surface area (Å²) >= 11 is 7.25. The van der Waals surface area contributed by atoms with Gasteiger partial charge in [0.25, 0.3) is 0 Å². The normalized spacial score (nSPS) is 10.9. The number of benzene rings is 1. The van der Waals surface area contributed by atoms with E-state index in [0.29, 0.717) is 27.8 Å². The van der Waals surface area contributed by atoms with E-state index >= 15 is 0 Å². The fourth-order valence-corrected chi connectivity index (χ4v) is 2.86. The molecule has 23 heavy (non-hydrogen) atoms. The molecule has 0 unspecified atom stereocenters. The number of fused-ring (bicyclic) bond motifs is 1. The van der Waals surface area contributed by atoms with Crippen molar-refractivity contribution in [2.75, 3.05) is 12.4 Å². The maximum Gasteiger partial charge on any atom is 0.316 e. The first kappa shape index (κ1) is 15.7. The summed E-state index contributed by atoms with van der Waals surface area (Å²) < 4.78 is 6.48. The largest absolute Gasteiger partial charge is 0.465 e. The van der Waals surface area contributed by atoms with E-state index in [-0.39, 0.29) is 11.7 Å². The number of hydrogen-bond donors (Lipinski definition) is 0. The lowest BCUT2D eigenvalue weighted by Crippen LogP contribution is -2.06. The molecule has 0 N–H and O–H groups in total. The van der Waals surface area contributed by atoms with Crippen molar-refractivity contribution in [2.45, 2.75) is 11.9 Å². The summed E-state index contributed by atoms with van der Waals surface area (Å²) in [6.07, 6.45) is 1.42. The molecule has 118 valence electrons. The Balaban J connectivity index is 1.93. The molecule has 0 aliphatic heterocycles. The summed E-state index contributed by atoms with van der Waals surface area (Å²) in [4.78, 5) is 19.9. The molecule has 0 saturated heterocycles. The van der Waals surface area contributed by atoms with Crippen LogP contribution < -0.4 is 0 Å². The van der Waals surface area contributed by atoms with Gasteiger partial charge in [-0.15, -0.1) is 5.10 Å². The van der Waals surface area contributed by atoms with Gasteiger partial charge in [-0.05, 0) is 25.1 Å². The third-order valence-electron chi connectivity index (χ3n) is 2.89. The van der Waals surface area contributed by atoms with Gasteiger partial charge in [0.05, 0.1) is 18.0 Å². The highest BCUT2D eigenvalue weighted by atomic mass is 35.5. The molecule has 0 fully saturated rings. The van der Waals surface area contributed by atoms with E-state index in [0.717, 1.165) is 5.69 Å². The lowest BCUT2D eigenvalue weighted by Gasteiger charge is -2.03. The second kappa shape index (κ2) is 6.93. The van der Waals surface area contributed by atoms with Crippen LogP contribution in [0.1, 0.15) is 6.92 Å². The standard InChI is InChI=1S/C14H12ClN5O2S/c1-2-22-11(21)7-23-14-12-13(16-8-17-14)20(19-18-12)10-5-3-4-9(15)6-10/h3-6,8H,2,7H2,1H3. The van der Waals surface area contributed by atoms with Crippen LogP contribution in [0, 0.1) is 0 Å². The van der Waals surface area contributed by atoms with E-state index in [9.17, 15) is 4.79 Å². The Morgan fingerprint density at radius 1 is 1.39 bits per heavy atom. The average molecular weight is 350 g/mol. The second-order valence-corrected chi connectivity index (χ2v) is 5.83. The van der Waals surface area contributed by atoms with Gasteiger partial charge in [-0.2, -0.15) is 4.68 Å². The minimum atomic E-state index is -0.300. The molecule has 0 radical (unpaired) electrons. The van der Waals surface area contributed by atoms with E-state index in [1.807, 2.05) is 12.1 Å². The van der Waals surface area contributed by atoms with Crippen LogP contribution in [0.2, 0.25) is 5.02 Å². The number of nitrogens with zero attached hydrogens (tertiary/aromatic N) is 5. The highest BCUT2D eigenvalue weighted by Crippen LogP contribution is 2.24. The zero-order valence-corrected chi connectivity index (χ0v) is 13.7. The van der Waals surface area contributed by atoms with Crippen molar-refractivity contribution in [2.24, 2.45) is 0 Å². The van der Waals surface area contributed by atoms with Gasteiger partial charge in [0, 0.05) is 5.02 Å². The molecule has 0 aliphatic rings. The van der Waals surface area contributed by atoms with Gasteiger partial charge in [0.1, 0.15) is 11.4 Å². The van der Waals surface area contributed by atoms with E-state index in [4.69, 9.17) is 16.3 Å². The first-order chi connectivity index (χ1) is 11.2. The predicted molar refractivity (Wildman–Crippen MR) is 86.8 cm³/mol. The van der Waals surface area contributed by atoms with Crippen LogP contribution >= 0.6 is 23.4 Å². The van der Waals surface area contributed by atoms with Crippen LogP contribution in [0.25, 0.3) is 16.9 Å². The van der Waals surface area contributed by atoms with Gasteiger partial charge in [-0.3, -0.25) is 4.79 Å². The number of halogens is 1. The van der Waals surface area contributed by atoms with E-state index < -0.39 is 0 Å². The van der Waals surface area contributed by atoms with Crippen LogP contribution in [-0.2, 0) is 9.53 Å². The first-order valence-electron chi connectivity index (χ1n) is 6.80.